The number of carbonyl (C=O) groups excluding carboxylic acids is 2. The van der Waals surface area contributed by atoms with Crippen molar-refractivity contribution in [3.05, 3.63) is 0 Å². The molecule has 0 aromatic carbocycles. The molecule has 0 aliphatic rings. The molecule has 0 spiro atoms. The van der Waals surface area contributed by atoms with E-state index < -0.39 is 11.9 Å². The molecule has 0 radical (unpaired) electrons. The summed E-state index contributed by atoms with van der Waals surface area (Å²) in [5.41, 5.74) is 0. The standard InChI is InChI=1S/C11H17NO3/c1-4-5-9(6-8(2)13)10(7-12)11(14)15-3/h9-10H,4-6H2,1-3H3/t9-,10?/m0/s1. The predicted molar refractivity (Wildman–Crippen MR) is 54.8 cm³/mol. The predicted octanol–water partition coefficient (Wildman–Crippen LogP) is 1.69. The Hall–Kier alpha value is -1.37. The Morgan fingerprint density at radius 1 is 1.47 bits per heavy atom. The smallest absolute Gasteiger partial charge is 0.323 e. The average molecular weight is 211 g/mol. The number of ether oxygens (including phenoxy) is 1. The Morgan fingerprint density at radius 3 is 2.40 bits per heavy atom. The van der Waals surface area contributed by atoms with E-state index in [1.165, 1.54) is 14.0 Å². The molecule has 0 amide bonds. The third-order valence-electron chi connectivity index (χ3n) is 2.27. The van der Waals surface area contributed by atoms with Crippen molar-refractivity contribution in [1.82, 2.24) is 0 Å². The quantitative estimate of drug-likeness (QED) is 0.627. The van der Waals surface area contributed by atoms with Gasteiger partial charge in [-0.3, -0.25) is 4.79 Å². The molecule has 4 nitrogen and oxygen atoms in total. The summed E-state index contributed by atoms with van der Waals surface area (Å²) in [6.07, 6.45) is 1.79. The number of nitrogens with zero attached hydrogens (tertiary/aromatic N) is 1. The van der Waals surface area contributed by atoms with Crippen molar-refractivity contribution < 1.29 is 14.3 Å². The second-order valence-electron chi connectivity index (χ2n) is 3.58. The molecule has 0 bridgehead atoms. The van der Waals surface area contributed by atoms with Gasteiger partial charge in [-0.2, -0.15) is 5.26 Å². The van der Waals surface area contributed by atoms with E-state index in [4.69, 9.17) is 5.26 Å². The van der Waals surface area contributed by atoms with E-state index in [9.17, 15) is 9.59 Å². The van der Waals surface area contributed by atoms with Gasteiger partial charge >= 0.3 is 5.97 Å². The molecule has 0 saturated heterocycles. The minimum Gasteiger partial charge on any atom is -0.468 e. The second-order valence-corrected chi connectivity index (χ2v) is 3.58. The summed E-state index contributed by atoms with van der Waals surface area (Å²) in [6.45, 7) is 3.42. The fourth-order valence-corrected chi connectivity index (χ4v) is 1.60. The highest BCUT2D eigenvalue weighted by atomic mass is 16.5. The van der Waals surface area contributed by atoms with Gasteiger partial charge in [-0.1, -0.05) is 13.3 Å². The van der Waals surface area contributed by atoms with E-state index in [-0.39, 0.29) is 18.1 Å². The number of ketones is 1. The van der Waals surface area contributed by atoms with Crippen LogP contribution in [0.5, 0.6) is 0 Å². The molecule has 0 aromatic rings. The van der Waals surface area contributed by atoms with E-state index in [1.807, 2.05) is 13.0 Å². The van der Waals surface area contributed by atoms with Gasteiger partial charge in [0.15, 0.2) is 0 Å². The van der Waals surface area contributed by atoms with Crippen LogP contribution in [0.2, 0.25) is 0 Å². The van der Waals surface area contributed by atoms with E-state index in [1.54, 1.807) is 0 Å². The molecule has 1 unspecified atom stereocenters. The number of nitriles is 1. The van der Waals surface area contributed by atoms with Gasteiger partial charge in [0.2, 0.25) is 0 Å². The number of methoxy groups -OCH3 is 1. The third kappa shape index (κ3) is 4.59. The molecule has 0 heterocycles. The summed E-state index contributed by atoms with van der Waals surface area (Å²) in [4.78, 5) is 22.3. The van der Waals surface area contributed by atoms with Crippen LogP contribution in [0.15, 0.2) is 0 Å². The Labute approximate surface area is 90.2 Å². The van der Waals surface area contributed by atoms with E-state index >= 15 is 0 Å². The Morgan fingerprint density at radius 2 is 2.07 bits per heavy atom. The van der Waals surface area contributed by atoms with Gasteiger partial charge in [0.1, 0.15) is 11.7 Å². The van der Waals surface area contributed by atoms with Crippen LogP contribution in [0.4, 0.5) is 0 Å². The summed E-state index contributed by atoms with van der Waals surface area (Å²) in [6, 6.07) is 1.92. The van der Waals surface area contributed by atoms with Crippen LogP contribution in [0.25, 0.3) is 0 Å². The lowest BCUT2D eigenvalue weighted by molar-refractivity contribution is -0.145. The lowest BCUT2D eigenvalue weighted by atomic mass is 9.85. The summed E-state index contributed by atoms with van der Waals surface area (Å²) >= 11 is 0. The molecule has 0 aromatic heterocycles. The van der Waals surface area contributed by atoms with Crippen LogP contribution in [0.3, 0.4) is 0 Å². The zero-order chi connectivity index (χ0) is 11.8. The molecule has 84 valence electrons. The van der Waals surface area contributed by atoms with Crippen molar-refractivity contribution in [2.24, 2.45) is 11.8 Å². The highest BCUT2D eigenvalue weighted by molar-refractivity contribution is 5.79. The molecular formula is C11H17NO3. The first kappa shape index (κ1) is 13.6. The van der Waals surface area contributed by atoms with Crippen LogP contribution in [0.1, 0.15) is 33.1 Å². The van der Waals surface area contributed by atoms with Crippen molar-refractivity contribution in [2.75, 3.05) is 7.11 Å². The molecule has 4 heteroatoms. The molecule has 0 saturated carbocycles. The van der Waals surface area contributed by atoms with Gasteiger partial charge in [-0.05, 0) is 19.3 Å². The largest absolute Gasteiger partial charge is 0.468 e. The monoisotopic (exact) mass is 211 g/mol. The van der Waals surface area contributed by atoms with Gasteiger partial charge in [0.25, 0.3) is 0 Å². The first-order chi connectivity index (χ1) is 7.06. The van der Waals surface area contributed by atoms with Crippen molar-refractivity contribution in [2.45, 2.75) is 33.1 Å². The number of carbonyl (C=O) groups is 2. The maximum Gasteiger partial charge on any atom is 0.323 e. The van der Waals surface area contributed by atoms with E-state index in [0.717, 1.165) is 6.42 Å². The van der Waals surface area contributed by atoms with Crippen molar-refractivity contribution in [1.29, 1.82) is 5.26 Å². The van der Waals surface area contributed by atoms with E-state index in [2.05, 4.69) is 4.74 Å². The first-order valence-electron chi connectivity index (χ1n) is 5.03. The number of rotatable bonds is 6. The number of esters is 1. The molecule has 0 N–H and O–H groups in total. The lowest BCUT2D eigenvalue weighted by Crippen LogP contribution is -2.25. The zero-order valence-electron chi connectivity index (χ0n) is 9.45. The van der Waals surface area contributed by atoms with Gasteiger partial charge in [-0.15, -0.1) is 0 Å². The highest BCUT2D eigenvalue weighted by Gasteiger charge is 2.29. The van der Waals surface area contributed by atoms with Crippen molar-refractivity contribution in [3.63, 3.8) is 0 Å². The molecule has 0 aliphatic heterocycles. The Balaban J connectivity index is 4.62. The van der Waals surface area contributed by atoms with Crippen LogP contribution < -0.4 is 0 Å². The Bertz CT molecular complexity index is 267. The lowest BCUT2D eigenvalue weighted by Gasteiger charge is -2.17. The maximum absolute atomic E-state index is 11.3. The Kier molecular flexibility index (Phi) is 6.35. The van der Waals surface area contributed by atoms with Gasteiger partial charge in [0.05, 0.1) is 13.2 Å². The van der Waals surface area contributed by atoms with E-state index in [0.29, 0.717) is 6.42 Å². The molecular weight excluding hydrogens is 194 g/mol. The molecule has 0 aliphatic carbocycles. The molecule has 2 atom stereocenters. The summed E-state index contributed by atoms with van der Waals surface area (Å²) in [7, 11) is 1.25. The van der Waals surface area contributed by atoms with Gasteiger partial charge < -0.3 is 9.53 Å². The number of hydrogen-bond donors (Lipinski definition) is 0. The van der Waals surface area contributed by atoms with Gasteiger partial charge in [-0.25, -0.2) is 0 Å². The van der Waals surface area contributed by atoms with Crippen LogP contribution in [0, 0.1) is 23.2 Å². The first-order valence-corrected chi connectivity index (χ1v) is 5.03. The SMILES string of the molecule is CCC[C@@H](CC(C)=O)C(C#N)C(=O)OC. The average Bonchev–Trinajstić information content (AvgIpc) is 2.18. The second kappa shape index (κ2) is 6.99. The van der Waals surface area contributed by atoms with Crippen LogP contribution in [-0.2, 0) is 14.3 Å². The van der Waals surface area contributed by atoms with Crippen molar-refractivity contribution >= 4 is 11.8 Å². The van der Waals surface area contributed by atoms with Gasteiger partial charge in [0, 0.05) is 6.42 Å². The number of Topliss-reactive ketones (excluding diaryl/α,β-unsaturated/α-hetero) is 1. The minimum atomic E-state index is -0.821. The molecule has 0 fully saturated rings. The van der Waals surface area contributed by atoms with Crippen molar-refractivity contribution in [3.8, 4) is 6.07 Å². The molecule has 15 heavy (non-hydrogen) atoms. The molecule has 0 rings (SSSR count). The summed E-state index contributed by atoms with van der Waals surface area (Å²) in [5, 5.41) is 8.88. The highest BCUT2D eigenvalue weighted by Crippen LogP contribution is 2.22. The fraction of sp³-hybridized carbons (Fsp3) is 0.727. The van der Waals surface area contributed by atoms with Crippen LogP contribution in [-0.4, -0.2) is 18.9 Å². The number of hydrogen-bond acceptors (Lipinski definition) is 4. The zero-order valence-corrected chi connectivity index (χ0v) is 9.45. The topological polar surface area (TPSA) is 67.2 Å². The van der Waals surface area contributed by atoms with Crippen LogP contribution >= 0.6 is 0 Å². The summed E-state index contributed by atoms with van der Waals surface area (Å²) < 4.78 is 4.54. The fourth-order valence-electron chi connectivity index (χ4n) is 1.60. The maximum atomic E-state index is 11.3. The minimum absolute atomic E-state index is 0.00222. The normalized spacial score (nSPS) is 13.7. The third-order valence-corrected chi connectivity index (χ3v) is 2.27. The summed E-state index contributed by atoms with van der Waals surface area (Å²) in [5.74, 6) is -1.58.